The molecule has 1 atom stereocenters. The van der Waals surface area contributed by atoms with E-state index in [9.17, 15) is 5.11 Å². The number of ether oxygens (including phenoxy) is 1. The van der Waals surface area contributed by atoms with Gasteiger partial charge in [0.2, 0.25) is 0 Å². The summed E-state index contributed by atoms with van der Waals surface area (Å²) in [6.07, 6.45) is -0.973. The lowest BCUT2D eigenvalue weighted by Crippen LogP contribution is -2.03. The number of benzene rings is 1. The van der Waals surface area contributed by atoms with E-state index in [0.717, 1.165) is 0 Å². The molecule has 13 heavy (non-hydrogen) atoms. The second-order valence-corrected chi connectivity index (χ2v) is 3.45. The highest BCUT2D eigenvalue weighted by Gasteiger charge is 2.09. The predicted octanol–water partition coefficient (Wildman–Crippen LogP) is 1.25. The van der Waals surface area contributed by atoms with Crippen LogP contribution >= 0.6 is 15.9 Å². The fraction of sp³-hybridized carbons (Fsp3) is 0.250. The Hall–Kier alpha value is -0.780. The van der Waals surface area contributed by atoms with Crippen LogP contribution in [0.25, 0.3) is 0 Å². The Morgan fingerprint density at radius 1 is 1.46 bits per heavy atom. The minimum atomic E-state index is -0.973. The van der Waals surface area contributed by atoms with Crippen molar-refractivity contribution in [2.45, 2.75) is 6.29 Å². The van der Waals surface area contributed by atoms with E-state index in [1.54, 1.807) is 12.1 Å². The fourth-order valence-electron chi connectivity index (χ4n) is 0.940. The van der Waals surface area contributed by atoms with Crippen molar-refractivity contribution in [2.75, 3.05) is 18.6 Å². The summed E-state index contributed by atoms with van der Waals surface area (Å²) in [5, 5.41) is 9.33. The second-order valence-electron chi connectivity index (χ2n) is 2.59. The molecule has 0 aromatic heterocycles. The number of aliphatic hydroxyl groups excluding tert-OH is 1. The molecule has 0 fully saturated rings. The first-order valence-corrected chi connectivity index (χ1v) is 4.40. The van der Waals surface area contributed by atoms with Gasteiger partial charge in [-0.15, -0.1) is 0 Å². The molecular weight excluding hydrogens is 236 g/mol. The molecule has 1 aromatic carbocycles. The maximum absolute atomic E-state index is 9.33. The van der Waals surface area contributed by atoms with Crippen LogP contribution in [0.1, 0.15) is 11.9 Å². The van der Waals surface area contributed by atoms with Gasteiger partial charge in [-0.1, -0.05) is 0 Å². The number of aliphatic hydroxyl groups is 1. The first kappa shape index (κ1) is 10.3. The normalized spacial score (nSPS) is 12.8. The lowest BCUT2D eigenvalue weighted by Gasteiger charge is -2.11. The molecule has 5 heteroatoms. The number of hydrogen-bond donors (Lipinski definition) is 3. The highest BCUT2D eigenvalue weighted by atomic mass is 79.9. The molecule has 0 bridgehead atoms. The molecule has 1 unspecified atom stereocenters. The third kappa shape index (κ3) is 2.12. The smallest absolute Gasteiger partial charge is 0.180 e. The molecule has 72 valence electrons. The predicted molar refractivity (Wildman–Crippen MR) is 54.9 cm³/mol. The molecule has 4 nitrogen and oxygen atoms in total. The zero-order valence-electron chi connectivity index (χ0n) is 7.12. The molecule has 0 radical (unpaired) electrons. The Bertz CT molecular complexity index is 294. The van der Waals surface area contributed by atoms with E-state index in [4.69, 9.17) is 16.2 Å². The summed E-state index contributed by atoms with van der Waals surface area (Å²) in [6, 6.07) is 3.24. The van der Waals surface area contributed by atoms with Gasteiger partial charge in [-0.05, 0) is 28.1 Å². The number of rotatable bonds is 2. The number of nitrogen functional groups attached to an aromatic ring is 2. The van der Waals surface area contributed by atoms with Crippen molar-refractivity contribution in [3.05, 3.63) is 22.2 Å². The van der Waals surface area contributed by atoms with Crippen LogP contribution in [0, 0.1) is 0 Å². The van der Waals surface area contributed by atoms with E-state index in [1.807, 2.05) is 0 Å². The van der Waals surface area contributed by atoms with Crippen LogP contribution in [0.15, 0.2) is 16.6 Å². The largest absolute Gasteiger partial charge is 0.397 e. The summed E-state index contributed by atoms with van der Waals surface area (Å²) >= 11 is 3.22. The molecule has 0 aliphatic rings. The van der Waals surface area contributed by atoms with Gasteiger partial charge in [0.15, 0.2) is 6.29 Å². The molecule has 1 aromatic rings. The van der Waals surface area contributed by atoms with Crippen LogP contribution in [-0.2, 0) is 4.74 Å². The summed E-state index contributed by atoms with van der Waals surface area (Å²) < 4.78 is 5.38. The molecular formula is C8H11BrN2O2. The van der Waals surface area contributed by atoms with E-state index in [2.05, 4.69) is 15.9 Å². The van der Waals surface area contributed by atoms with Gasteiger partial charge >= 0.3 is 0 Å². The van der Waals surface area contributed by atoms with Crippen LogP contribution in [0.4, 0.5) is 11.4 Å². The van der Waals surface area contributed by atoms with Crippen molar-refractivity contribution in [3.8, 4) is 0 Å². The van der Waals surface area contributed by atoms with Gasteiger partial charge in [0.05, 0.1) is 11.4 Å². The Kier molecular flexibility index (Phi) is 3.13. The molecule has 5 N–H and O–H groups in total. The summed E-state index contributed by atoms with van der Waals surface area (Å²) in [5.41, 5.74) is 12.6. The molecule has 0 spiro atoms. The highest BCUT2D eigenvalue weighted by molar-refractivity contribution is 9.10. The lowest BCUT2D eigenvalue weighted by molar-refractivity contribution is -0.0769. The second kappa shape index (κ2) is 3.95. The third-order valence-electron chi connectivity index (χ3n) is 1.69. The Morgan fingerprint density at radius 2 is 2.08 bits per heavy atom. The third-order valence-corrected chi connectivity index (χ3v) is 2.35. The molecule has 0 saturated heterocycles. The average molecular weight is 247 g/mol. The number of methoxy groups -OCH3 is 1. The van der Waals surface area contributed by atoms with Crippen LogP contribution in [0.2, 0.25) is 0 Å². The Labute approximate surface area is 84.6 Å². The molecule has 0 aliphatic carbocycles. The SMILES string of the molecule is COC(O)c1cc(N)c(N)c(Br)c1. The molecule has 0 amide bonds. The number of halogens is 1. The van der Waals surface area contributed by atoms with Crippen molar-refractivity contribution >= 4 is 27.3 Å². The molecule has 0 heterocycles. The van der Waals surface area contributed by atoms with Gasteiger partial charge in [0.25, 0.3) is 0 Å². The zero-order chi connectivity index (χ0) is 10.0. The van der Waals surface area contributed by atoms with E-state index < -0.39 is 6.29 Å². The average Bonchev–Trinajstić information content (AvgIpc) is 2.12. The summed E-state index contributed by atoms with van der Waals surface area (Å²) in [4.78, 5) is 0. The van der Waals surface area contributed by atoms with Crippen LogP contribution in [0.5, 0.6) is 0 Å². The molecule has 0 aliphatic heterocycles. The van der Waals surface area contributed by atoms with Gasteiger partial charge in [-0.3, -0.25) is 0 Å². The van der Waals surface area contributed by atoms with E-state index in [1.165, 1.54) is 7.11 Å². The summed E-state index contributed by atoms with van der Waals surface area (Å²) in [7, 11) is 1.41. The highest BCUT2D eigenvalue weighted by Crippen LogP contribution is 2.29. The van der Waals surface area contributed by atoms with Crippen LogP contribution in [-0.4, -0.2) is 12.2 Å². The fourth-order valence-corrected chi connectivity index (χ4v) is 1.43. The first-order valence-electron chi connectivity index (χ1n) is 3.61. The van der Waals surface area contributed by atoms with Crippen molar-refractivity contribution in [2.24, 2.45) is 0 Å². The van der Waals surface area contributed by atoms with Gasteiger partial charge < -0.3 is 21.3 Å². The van der Waals surface area contributed by atoms with Gasteiger partial charge in [-0.25, -0.2) is 0 Å². The minimum Gasteiger partial charge on any atom is -0.397 e. The number of anilines is 2. The van der Waals surface area contributed by atoms with Crippen LogP contribution in [0.3, 0.4) is 0 Å². The maximum Gasteiger partial charge on any atom is 0.180 e. The van der Waals surface area contributed by atoms with Gasteiger partial charge in [0, 0.05) is 17.1 Å². The monoisotopic (exact) mass is 246 g/mol. The van der Waals surface area contributed by atoms with Crippen molar-refractivity contribution in [3.63, 3.8) is 0 Å². The van der Waals surface area contributed by atoms with E-state index >= 15 is 0 Å². The Balaban J connectivity index is 3.13. The topological polar surface area (TPSA) is 81.5 Å². The first-order chi connectivity index (χ1) is 6.06. The molecule has 0 saturated carbocycles. The quantitative estimate of drug-likeness (QED) is 0.542. The van der Waals surface area contributed by atoms with E-state index in [-0.39, 0.29) is 0 Å². The minimum absolute atomic E-state index is 0.417. The number of hydrogen-bond acceptors (Lipinski definition) is 4. The van der Waals surface area contributed by atoms with Crippen molar-refractivity contribution < 1.29 is 9.84 Å². The Morgan fingerprint density at radius 3 is 2.54 bits per heavy atom. The van der Waals surface area contributed by atoms with Gasteiger partial charge in [0.1, 0.15) is 0 Å². The summed E-state index contributed by atoms with van der Waals surface area (Å²) in [6.45, 7) is 0. The maximum atomic E-state index is 9.33. The van der Waals surface area contributed by atoms with Gasteiger partial charge in [-0.2, -0.15) is 0 Å². The van der Waals surface area contributed by atoms with Crippen molar-refractivity contribution in [1.82, 2.24) is 0 Å². The van der Waals surface area contributed by atoms with Crippen molar-refractivity contribution in [1.29, 1.82) is 0 Å². The standard InChI is InChI=1S/C8H11BrN2O2/c1-13-8(12)4-2-5(9)7(11)6(10)3-4/h2-3,8,12H,10-11H2,1H3. The summed E-state index contributed by atoms with van der Waals surface area (Å²) in [5.74, 6) is 0. The lowest BCUT2D eigenvalue weighted by atomic mass is 10.1. The number of nitrogens with two attached hydrogens (primary N) is 2. The zero-order valence-corrected chi connectivity index (χ0v) is 8.71. The van der Waals surface area contributed by atoms with Crippen LogP contribution < -0.4 is 11.5 Å². The molecule has 1 rings (SSSR count). The van der Waals surface area contributed by atoms with E-state index in [0.29, 0.717) is 21.4 Å².